The summed E-state index contributed by atoms with van der Waals surface area (Å²) in [4.78, 5) is 9.93. The van der Waals surface area contributed by atoms with Gasteiger partial charge in [0.15, 0.2) is 0 Å². The molecule has 0 spiro atoms. The minimum absolute atomic E-state index is 0.590. The zero-order valence-electron chi connectivity index (χ0n) is 14.7. The molecule has 0 unspecified atom stereocenters. The van der Waals surface area contributed by atoms with Crippen LogP contribution in [0.4, 0.5) is 17.1 Å². The van der Waals surface area contributed by atoms with Gasteiger partial charge in [0.25, 0.3) is 0 Å². The van der Waals surface area contributed by atoms with Crippen molar-refractivity contribution in [1.29, 1.82) is 0 Å². The summed E-state index contributed by atoms with van der Waals surface area (Å²) < 4.78 is 0. The van der Waals surface area contributed by atoms with Crippen LogP contribution in [-0.4, -0.2) is 47.9 Å². The first-order chi connectivity index (χ1) is 12.1. The Bertz CT molecular complexity index is 807. The summed E-state index contributed by atoms with van der Waals surface area (Å²) in [6.45, 7) is 8.62. The molecule has 0 aromatic heterocycles. The summed E-state index contributed by atoms with van der Waals surface area (Å²) in [7, 11) is 0. The molecule has 0 bridgehead atoms. The van der Waals surface area contributed by atoms with Crippen molar-refractivity contribution in [1.82, 2.24) is 9.80 Å². The van der Waals surface area contributed by atoms with Gasteiger partial charge in [-0.05, 0) is 44.2 Å². The maximum Gasteiger partial charge on any atom is 0.138 e. The predicted octanol–water partition coefficient (Wildman–Crippen LogP) is 4.50. The number of halogens is 1. The van der Waals surface area contributed by atoms with Crippen molar-refractivity contribution in [3.8, 4) is 0 Å². The molecule has 4 rings (SSSR count). The molecule has 2 heterocycles. The van der Waals surface area contributed by atoms with Gasteiger partial charge in [0, 0.05) is 48.5 Å². The molecule has 2 aromatic carbocycles. The first-order valence-electron chi connectivity index (χ1n) is 8.85. The molecule has 25 heavy (non-hydrogen) atoms. The Balaban J connectivity index is 1.74. The van der Waals surface area contributed by atoms with E-state index in [2.05, 4.69) is 53.2 Å². The smallest absolute Gasteiger partial charge is 0.138 e. The van der Waals surface area contributed by atoms with Crippen LogP contribution in [0.2, 0.25) is 5.02 Å². The molecule has 0 atom stereocenters. The fraction of sp³-hybridized carbons (Fsp3) is 0.350. The van der Waals surface area contributed by atoms with Gasteiger partial charge in [0.2, 0.25) is 0 Å². The van der Waals surface area contributed by atoms with E-state index in [9.17, 15) is 0 Å². The van der Waals surface area contributed by atoms with E-state index in [1.54, 1.807) is 0 Å². The lowest BCUT2D eigenvalue weighted by atomic mass is 10.1. The molecular formula is C20H23ClN4. The molecule has 0 aliphatic carbocycles. The monoisotopic (exact) mass is 354 g/mol. The second kappa shape index (κ2) is 6.70. The first kappa shape index (κ1) is 16.4. The summed E-state index contributed by atoms with van der Waals surface area (Å²) >= 11 is 6.21. The van der Waals surface area contributed by atoms with Gasteiger partial charge in [0.05, 0.1) is 11.4 Å². The van der Waals surface area contributed by atoms with Crippen LogP contribution in [0.1, 0.15) is 19.4 Å². The molecule has 2 aliphatic rings. The lowest BCUT2D eigenvalue weighted by Crippen LogP contribution is -2.50. The van der Waals surface area contributed by atoms with Crippen molar-refractivity contribution in [3.05, 3.63) is 53.1 Å². The van der Waals surface area contributed by atoms with E-state index in [4.69, 9.17) is 16.6 Å². The van der Waals surface area contributed by atoms with Gasteiger partial charge in [-0.15, -0.1) is 0 Å². The standard InChI is InChI=1S/C20H23ClN4/c1-14(2)24-9-11-25(12-10-24)20-16-5-3-4-6-17(16)22-18-8-7-15(21)13-19(18)23-20/h3-8,13-14,22H,9-12H2,1-2H3. The summed E-state index contributed by atoms with van der Waals surface area (Å²) in [6, 6.07) is 14.8. The van der Waals surface area contributed by atoms with Crippen molar-refractivity contribution in [2.75, 3.05) is 31.5 Å². The van der Waals surface area contributed by atoms with Crippen LogP contribution in [0.5, 0.6) is 0 Å². The number of benzene rings is 2. The highest BCUT2D eigenvalue weighted by atomic mass is 35.5. The van der Waals surface area contributed by atoms with E-state index in [1.807, 2.05) is 18.2 Å². The average Bonchev–Trinajstić information content (AvgIpc) is 2.78. The predicted molar refractivity (Wildman–Crippen MR) is 106 cm³/mol. The van der Waals surface area contributed by atoms with Crippen LogP contribution in [0.15, 0.2) is 47.5 Å². The second-order valence-corrected chi connectivity index (χ2v) is 7.32. The van der Waals surface area contributed by atoms with Crippen LogP contribution in [0.25, 0.3) is 0 Å². The maximum atomic E-state index is 6.21. The van der Waals surface area contributed by atoms with Crippen molar-refractivity contribution in [3.63, 3.8) is 0 Å². The third-order valence-electron chi connectivity index (χ3n) is 4.97. The Morgan fingerprint density at radius 2 is 1.76 bits per heavy atom. The molecule has 0 saturated carbocycles. The fourth-order valence-corrected chi connectivity index (χ4v) is 3.67. The largest absolute Gasteiger partial charge is 0.353 e. The molecule has 0 radical (unpaired) electrons. The van der Waals surface area contributed by atoms with E-state index in [1.165, 1.54) is 0 Å². The molecule has 2 aliphatic heterocycles. The minimum atomic E-state index is 0.590. The molecule has 5 heteroatoms. The third kappa shape index (κ3) is 3.24. The molecular weight excluding hydrogens is 332 g/mol. The van der Waals surface area contributed by atoms with Gasteiger partial charge >= 0.3 is 0 Å². The lowest BCUT2D eigenvalue weighted by molar-refractivity contribution is 0.149. The van der Waals surface area contributed by atoms with E-state index in [0.29, 0.717) is 11.1 Å². The number of piperazine rings is 1. The molecule has 4 nitrogen and oxygen atoms in total. The lowest BCUT2D eigenvalue weighted by Gasteiger charge is -2.38. The number of amidine groups is 1. The van der Waals surface area contributed by atoms with E-state index >= 15 is 0 Å². The molecule has 1 fully saturated rings. The number of anilines is 2. The SMILES string of the molecule is CC(C)N1CCN(C2=Nc3cc(Cl)ccc3Nc3ccccc32)CC1. The summed E-state index contributed by atoms with van der Waals surface area (Å²) in [5.41, 5.74) is 4.12. The number of nitrogens with one attached hydrogen (secondary N) is 1. The van der Waals surface area contributed by atoms with Crippen LogP contribution in [0, 0.1) is 0 Å². The van der Waals surface area contributed by atoms with Crippen LogP contribution in [-0.2, 0) is 0 Å². The highest BCUT2D eigenvalue weighted by Gasteiger charge is 2.25. The molecule has 1 saturated heterocycles. The van der Waals surface area contributed by atoms with E-state index in [-0.39, 0.29) is 0 Å². The van der Waals surface area contributed by atoms with Crippen molar-refractivity contribution in [2.24, 2.45) is 4.99 Å². The Morgan fingerprint density at radius 3 is 2.52 bits per heavy atom. The zero-order valence-corrected chi connectivity index (χ0v) is 15.4. The first-order valence-corrected chi connectivity index (χ1v) is 9.23. The molecule has 2 aromatic rings. The zero-order chi connectivity index (χ0) is 17.4. The quantitative estimate of drug-likeness (QED) is 0.817. The Kier molecular flexibility index (Phi) is 4.40. The highest BCUT2D eigenvalue weighted by Crippen LogP contribution is 2.36. The van der Waals surface area contributed by atoms with Crippen molar-refractivity contribution >= 4 is 34.5 Å². The number of para-hydroxylation sites is 1. The average molecular weight is 355 g/mol. The number of fused-ring (bicyclic) bond motifs is 2. The topological polar surface area (TPSA) is 30.9 Å². The molecule has 1 N–H and O–H groups in total. The van der Waals surface area contributed by atoms with Gasteiger partial charge in [-0.1, -0.05) is 23.7 Å². The fourth-order valence-electron chi connectivity index (χ4n) is 3.50. The number of hydrogen-bond donors (Lipinski definition) is 1. The van der Waals surface area contributed by atoms with Crippen LogP contribution >= 0.6 is 11.6 Å². The Morgan fingerprint density at radius 1 is 1.00 bits per heavy atom. The minimum Gasteiger partial charge on any atom is -0.353 e. The molecule has 130 valence electrons. The van der Waals surface area contributed by atoms with Crippen molar-refractivity contribution in [2.45, 2.75) is 19.9 Å². The highest BCUT2D eigenvalue weighted by molar-refractivity contribution is 6.31. The van der Waals surface area contributed by atoms with Gasteiger partial charge in [-0.2, -0.15) is 0 Å². The summed E-state index contributed by atoms with van der Waals surface area (Å²) in [5, 5.41) is 4.22. The Labute approximate surface area is 154 Å². The third-order valence-corrected chi connectivity index (χ3v) is 5.20. The van der Waals surface area contributed by atoms with Gasteiger partial charge in [-0.3, -0.25) is 4.90 Å². The number of hydrogen-bond acceptors (Lipinski definition) is 4. The molecule has 0 amide bonds. The number of nitrogens with zero attached hydrogens (tertiary/aromatic N) is 3. The number of aliphatic imine (C=N–C) groups is 1. The summed E-state index contributed by atoms with van der Waals surface area (Å²) in [5.74, 6) is 1.03. The van der Waals surface area contributed by atoms with Crippen molar-refractivity contribution < 1.29 is 0 Å². The Hall–Kier alpha value is -2.04. The summed E-state index contributed by atoms with van der Waals surface area (Å²) in [6.07, 6.45) is 0. The normalized spacial score (nSPS) is 17.4. The van der Waals surface area contributed by atoms with Crippen LogP contribution < -0.4 is 5.32 Å². The van der Waals surface area contributed by atoms with E-state index in [0.717, 1.165) is 54.6 Å². The number of rotatable bonds is 1. The van der Waals surface area contributed by atoms with Gasteiger partial charge in [-0.25, -0.2) is 4.99 Å². The second-order valence-electron chi connectivity index (χ2n) is 6.88. The van der Waals surface area contributed by atoms with E-state index < -0.39 is 0 Å². The van der Waals surface area contributed by atoms with Gasteiger partial charge < -0.3 is 10.2 Å². The van der Waals surface area contributed by atoms with Gasteiger partial charge in [0.1, 0.15) is 5.84 Å². The van der Waals surface area contributed by atoms with Crippen LogP contribution in [0.3, 0.4) is 0 Å². The maximum absolute atomic E-state index is 6.21.